The van der Waals surface area contributed by atoms with Crippen molar-refractivity contribution in [2.45, 2.75) is 18.9 Å². The summed E-state index contributed by atoms with van der Waals surface area (Å²) >= 11 is 0. The maximum atomic E-state index is 12.1. The molecule has 1 fully saturated rings. The minimum Gasteiger partial charge on any atom is -0.484 e. The Bertz CT molecular complexity index is 756. The standard InChI is InChI=1S/C20H25N3O4/c1-22(2)17(18-5-4-12-26-18)13-21-19(24)14-27-16-9-7-15(8-10-16)23-11-3-6-20(23)25/h4-5,7-10,12,17H,3,6,11,13-14H2,1-2H3,(H,21,24). The van der Waals surface area contributed by atoms with Crippen LogP contribution < -0.4 is 15.0 Å². The van der Waals surface area contributed by atoms with Crippen LogP contribution in [0.25, 0.3) is 0 Å². The second-order valence-electron chi connectivity index (χ2n) is 6.73. The van der Waals surface area contributed by atoms with Gasteiger partial charge in [0.1, 0.15) is 11.5 Å². The Labute approximate surface area is 158 Å². The SMILES string of the molecule is CN(C)C(CNC(=O)COc1ccc(N2CCCC2=O)cc1)c1ccco1. The zero-order valence-electron chi connectivity index (χ0n) is 15.7. The van der Waals surface area contributed by atoms with Gasteiger partial charge in [0.15, 0.2) is 6.61 Å². The highest BCUT2D eigenvalue weighted by molar-refractivity contribution is 5.95. The second-order valence-corrected chi connectivity index (χ2v) is 6.73. The highest BCUT2D eigenvalue weighted by Gasteiger charge is 2.21. The molecule has 2 amide bonds. The van der Waals surface area contributed by atoms with Crippen LogP contribution >= 0.6 is 0 Å². The van der Waals surface area contributed by atoms with Crippen LogP contribution in [0.3, 0.4) is 0 Å². The topological polar surface area (TPSA) is 75.0 Å². The monoisotopic (exact) mass is 371 g/mol. The lowest BCUT2D eigenvalue weighted by atomic mass is 10.2. The number of benzene rings is 1. The van der Waals surface area contributed by atoms with Gasteiger partial charge in [-0.15, -0.1) is 0 Å². The third kappa shape index (κ3) is 4.89. The third-order valence-corrected chi connectivity index (χ3v) is 4.58. The molecule has 0 bridgehead atoms. The molecule has 1 aliphatic rings. The summed E-state index contributed by atoms with van der Waals surface area (Å²) in [5.41, 5.74) is 0.863. The largest absolute Gasteiger partial charge is 0.484 e. The van der Waals surface area contributed by atoms with E-state index in [2.05, 4.69) is 5.32 Å². The van der Waals surface area contributed by atoms with Gasteiger partial charge in [0.2, 0.25) is 5.91 Å². The van der Waals surface area contributed by atoms with Crippen molar-refractivity contribution in [3.8, 4) is 5.75 Å². The molecular weight excluding hydrogens is 346 g/mol. The molecule has 0 saturated carbocycles. The van der Waals surface area contributed by atoms with Gasteiger partial charge in [-0.3, -0.25) is 14.5 Å². The predicted molar refractivity (Wildman–Crippen MR) is 102 cm³/mol. The van der Waals surface area contributed by atoms with Gasteiger partial charge in [0.05, 0.1) is 12.3 Å². The molecule has 144 valence electrons. The van der Waals surface area contributed by atoms with Crippen molar-refractivity contribution >= 4 is 17.5 Å². The lowest BCUT2D eigenvalue weighted by Crippen LogP contribution is -2.36. The molecule has 1 aromatic carbocycles. The molecule has 1 atom stereocenters. The fourth-order valence-electron chi connectivity index (χ4n) is 3.07. The van der Waals surface area contributed by atoms with Gasteiger partial charge in [0, 0.05) is 25.2 Å². The van der Waals surface area contributed by atoms with Gasteiger partial charge in [0.25, 0.3) is 5.91 Å². The smallest absolute Gasteiger partial charge is 0.258 e. The molecule has 2 heterocycles. The number of likely N-dealkylation sites (N-methyl/N-ethyl adjacent to an activating group) is 1. The number of nitrogens with zero attached hydrogens (tertiary/aromatic N) is 2. The number of ether oxygens (including phenoxy) is 1. The van der Waals surface area contributed by atoms with Crippen LogP contribution in [0.2, 0.25) is 0 Å². The first-order valence-corrected chi connectivity index (χ1v) is 9.04. The number of furan rings is 1. The molecule has 7 nitrogen and oxygen atoms in total. The summed E-state index contributed by atoms with van der Waals surface area (Å²) in [6.45, 7) is 1.11. The van der Waals surface area contributed by atoms with Gasteiger partial charge >= 0.3 is 0 Å². The number of carbonyl (C=O) groups excluding carboxylic acids is 2. The number of rotatable bonds is 8. The molecule has 3 rings (SSSR count). The molecule has 1 aliphatic heterocycles. The van der Waals surface area contributed by atoms with Crippen molar-refractivity contribution in [1.82, 2.24) is 10.2 Å². The van der Waals surface area contributed by atoms with Gasteiger partial charge in [-0.1, -0.05) is 0 Å². The van der Waals surface area contributed by atoms with E-state index in [0.29, 0.717) is 18.7 Å². The zero-order valence-corrected chi connectivity index (χ0v) is 15.7. The maximum absolute atomic E-state index is 12.1. The fraction of sp³-hybridized carbons (Fsp3) is 0.400. The van der Waals surface area contributed by atoms with Crippen LogP contribution in [-0.2, 0) is 9.59 Å². The van der Waals surface area contributed by atoms with E-state index in [0.717, 1.165) is 24.4 Å². The van der Waals surface area contributed by atoms with Gasteiger partial charge in [-0.05, 0) is 56.9 Å². The van der Waals surface area contributed by atoms with Gasteiger partial charge in [-0.25, -0.2) is 0 Å². The van der Waals surface area contributed by atoms with Crippen LogP contribution in [0, 0.1) is 0 Å². The number of hydrogen-bond donors (Lipinski definition) is 1. The number of nitrogens with one attached hydrogen (secondary N) is 1. The van der Waals surface area contributed by atoms with E-state index in [1.165, 1.54) is 0 Å². The number of anilines is 1. The fourth-order valence-corrected chi connectivity index (χ4v) is 3.07. The van der Waals surface area contributed by atoms with Crippen molar-refractivity contribution in [3.05, 3.63) is 48.4 Å². The van der Waals surface area contributed by atoms with Gasteiger partial charge in [-0.2, -0.15) is 0 Å². The van der Waals surface area contributed by atoms with E-state index in [4.69, 9.17) is 9.15 Å². The first kappa shape index (κ1) is 19.0. The molecule has 2 aromatic rings. The predicted octanol–water partition coefficient (Wildman–Crippen LogP) is 2.20. The molecule has 27 heavy (non-hydrogen) atoms. The second kappa shape index (κ2) is 8.73. The first-order chi connectivity index (χ1) is 13.0. The lowest BCUT2D eigenvalue weighted by molar-refractivity contribution is -0.123. The molecule has 1 aromatic heterocycles. The highest BCUT2D eigenvalue weighted by atomic mass is 16.5. The normalized spacial score (nSPS) is 15.2. The molecule has 0 radical (unpaired) electrons. The average molecular weight is 371 g/mol. The van der Waals surface area contributed by atoms with E-state index in [-0.39, 0.29) is 24.5 Å². The quantitative estimate of drug-likeness (QED) is 0.770. The van der Waals surface area contributed by atoms with Crippen molar-refractivity contribution in [2.75, 3.05) is 38.7 Å². The average Bonchev–Trinajstić information content (AvgIpc) is 3.32. The van der Waals surface area contributed by atoms with E-state index in [1.54, 1.807) is 23.3 Å². The minimum absolute atomic E-state index is 0.0405. The molecule has 7 heteroatoms. The van der Waals surface area contributed by atoms with E-state index in [1.807, 2.05) is 43.3 Å². The van der Waals surface area contributed by atoms with Crippen LogP contribution in [0.5, 0.6) is 5.75 Å². The van der Waals surface area contributed by atoms with Crippen LogP contribution in [-0.4, -0.2) is 50.5 Å². The third-order valence-electron chi connectivity index (χ3n) is 4.58. The Morgan fingerprint density at radius 1 is 1.30 bits per heavy atom. The molecule has 0 spiro atoms. The van der Waals surface area contributed by atoms with E-state index in [9.17, 15) is 9.59 Å². The van der Waals surface area contributed by atoms with E-state index >= 15 is 0 Å². The zero-order chi connectivity index (χ0) is 19.2. The summed E-state index contributed by atoms with van der Waals surface area (Å²) in [4.78, 5) is 27.6. The molecule has 1 saturated heterocycles. The summed E-state index contributed by atoms with van der Waals surface area (Å²) in [5.74, 6) is 1.34. The Balaban J connectivity index is 1.46. The van der Waals surface area contributed by atoms with Crippen molar-refractivity contribution in [3.63, 3.8) is 0 Å². The summed E-state index contributed by atoms with van der Waals surface area (Å²) in [5, 5.41) is 2.87. The summed E-state index contributed by atoms with van der Waals surface area (Å²) in [6, 6.07) is 10.9. The van der Waals surface area contributed by atoms with Crippen LogP contribution in [0.1, 0.15) is 24.6 Å². The number of amides is 2. The Kier molecular flexibility index (Phi) is 6.13. The Hall–Kier alpha value is -2.80. The Morgan fingerprint density at radius 2 is 2.07 bits per heavy atom. The number of carbonyl (C=O) groups is 2. The summed E-state index contributed by atoms with van der Waals surface area (Å²) < 4.78 is 11.0. The highest BCUT2D eigenvalue weighted by Crippen LogP contribution is 2.24. The molecule has 1 unspecified atom stereocenters. The van der Waals surface area contributed by atoms with Crippen molar-refractivity contribution < 1.29 is 18.7 Å². The number of hydrogen-bond acceptors (Lipinski definition) is 5. The lowest BCUT2D eigenvalue weighted by Gasteiger charge is -2.22. The van der Waals surface area contributed by atoms with Crippen LogP contribution in [0.15, 0.2) is 47.1 Å². The summed E-state index contributed by atoms with van der Waals surface area (Å²) in [6.07, 6.45) is 3.11. The first-order valence-electron chi connectivity index (χ1n) is 9.04. The van der Waals surface area contributed by atoms with E-state index < -0.39 is 0 Å². The van der Waals surface area contributed by atoms with Crippen molar-refractivity contribution in [1.29, 1.82) is 0 Å². The molecular formula is C20H25N3O4. The van der Waals surface area contributed by atoms with Gasteiger partial charge < -0.3 is 19.4 Å². The minimum atomic E-state index is -0.202. The van der Waals surface area contributed by atoms with Crippen LogP contribution in [0.4, 0.5) is 5.69 Å². The van der Waals surface area contributed by atoms with Crippen molar-refractivity contribution in [2.24, 2.45) is 0 Å². The summed E-state index contributed by atoms with van der Waals surface area (Å²) in [7, 11) is 3.87. The Morgan fingerprint density at radius 3 is 2.67 bits per heavy atom. The maximum Gasteiger partial charge on any atom is 0.258 e. The molecule has 0 aliphatic carbocycles. The molecule has 1 N–H and O–H groups in total.